The van der Waals surface area contributed by atoms with E-state index in [0.717, 1.165) is 37.1 Å². The minimum Gasteiger partial charge on any atom is -0.352 e. The fourth-order valence-electron chi connectivity index (χ4n) is 3.28. The lowest BCUT2D eigenvalue weighted by molar-refractivity contribution is -0.128. The first kappa shape index (κ1) is 18.7. The molecule has 0 aromatic heterocycles. The Labute approximate surface area is 149 Å². The van der Waals surface area contributed by atoms with Gasteiger partial charge in [0.15, 0.2) is 0 Å². The van der Waals surface area contributed by atoms with Gasteiger partial charge < -0.3 is 15.5 Å². The van der Waals surface area contributed by atoms with Crippen LogP contribution in [-0.4, -0.2) is 35.8 Å². The lowest BCUT2D eigenvalue weighted by Gasteiger charge is -2.15. The second-order valence-electron chi connectivity index (χ2n) is 6.51. The van der Waals surface area contributed by atoms with E-state index in [1.165, 1.54) is 6.42 Å². The van der Waals surface area contributed by atoms with Crippen LogP contribution < -0.4 is 10.6 Å². The molecule has 24 heavy (non-hydrogen) atoms. The Kier molecular flexibility index (Phi) is 7.06. The summed E-state index contributed by atoms with van der Waals surface area (Å²) in [7, 11) is 0. The van der Waals surface area contributed by atoms with Gasteiger partial charge in [0.2, 0.25) is 11.8 Å². The van der Waals surface area contributed by atoms with E-state index in [1.807, 2.05) is 29.2 Å². The number of amides is 2. The Morgan fingerprint density at radius 1 is 1.21 bits per heavy atom. The fraction of sp³-hybridized carbons (Fsp3) is 0.556. The van der Waals surface area contributed by atoms with E-state index in [1.54, 1.807) is 0 Å². The molecule has 2 heterocycles. The van der Waals surface area contributed by atoms with Gasteiger partial charge in [-0.2, -0.15) is 0 Å². The summed E-state index contributed by atoms with van der Waals surface area (Å²) in [6.07, 6.45) is 4.48. The van der Waals surface area contributed by atoms with Crippen LogP contribution in [0.15, 0.2) is 24.3 Å². The van der Waals surface area contributed by atoms with Gasteiger partial charge in [0.1, 0.15) is 0 Å². The van der Waals surface area contributed by atoms with Gasteiger partial charge in [-0.05, 0) is 36.9 Å². The van der Waals surface area contributed by atoms with Crippen LogP contribution in [0.3, 0.4) is 0 Å². The summed E-state index contributed by atoms with van der Waals surface area (Å²) in [5.41, 5.74) is 2.24. The number of likely N-dealkylation sites (tertiary alicyclic amines) is 1. The number of carbonyl (C=O) groups excluding carboxylic acids is 2. The predicted octanol–water partition coefficient (Wildman–Crippen LogP) is 1.99. The molecule has 1 unspecified atom stereocenters. The maximum absolute atomic E-state index is 11.9. The summed E-state index contributed by atoms with van der Waals surface area (Å²) in [6, 6.07) is 8.50. The standard InChI is InChI=1S/C18H25N3O2.ClH/c22-17(11-16-3-1-9-19-16)20-12-14-5-7-15(8-6-14)13-21-10-2-4-18(21)23;/h5-8,16,19H,1-4,9-13H2,(H,20,22);1H. The number of nitrogens with zero attached hydrogens (tertiary/aromatic N) is 1. The molecule has 0 saturated carbocycles. The molecule has 0 aliphatic carbocycles. The minimum absolute atomic E-state index is 0. The van der Waals surface area contributed by atoms with Crippen molar-refractivity contribution >= 4 is 24.2 Å². The van der Waals surface area contributed by atoms with E-state index < -0.39 is 0 Å². The van der Waals surface area contributed by atoms with Crippen molar-refractivity contribution in [1.82, 2.24) is 15.5 Å². The van der Waals surface area contributed by atoms with Gasteiger partial charge in [0, 0.05) is 38.5 Å². The Hall–Kier alpha value is -1.59. The molecule has 5 nitrogen and oxygen atoms in total. The molecule has 0 spiro atoms. The van der Waals surface area contributed by atoms with Crippen LogP contribution in [0.5, 0.6) is 0 Å². The van der Waals surface area contributed by atoms with Crippen molar-refractivity contribution in [2.45, 2.75) is 51.2 Å². The van der Waals surface area contributed by atoms with Gasteiger partial charge in [-0.3, -0.25) is 9.59 Å². The van der Waals surface area contributed by atoms with Crippen LogP contribution in [0.2, 0.25) is 0 Å². The lowest BCUT2D eigenvalue weighted by atomic mass is 10.1. The van der Waals surface area contributed by atoms with Crippen molar-refractivity contribution in [2.24, 2.45) is 0 Å². The van der Waals surface area contributed by atoms with Gasteiger partial charge in [-0.15, -0.1) is 12.4 Å². The van der Waals surface area contributed by atoms with Gasteiger partial charge in [-0.25, -0.2) is 0 Å². The van der Waals surface area contributed by atoms with E-state index in [4.69, 9.17) is 0 Å². The first-order valence-corrected chi connectivity index (χ1v) is 8.56. The van der Waals surface area contributed by atoms with Crippen molar-refractivity contribution in [3.05, 3.63) is 35.4 Å². The van der Waals surface area contributed by atoms with Crippen LogP contribution in [-0.2, 0) is 22.7 Å². The summed E-state index contributed by atoms with van der Waals surface area (Å²) in [4.78, 5) is 25.5. The highest BCUT2D eigenvalue weighted by molar-refractivity contribution is 5.85. The maximum Gasteiger partial charge on any atom is 0.222 e. The van der Waals surface area contributed by atoms with Crippen molar-refractivity contribution in [3.63, 3.8) is 0 Å². The Balaban J connectivity index is 0.00000208. The highest BCUT2D eigenvalue weighted by atomic mass is 35.5. The lowest BCUT2D eigenvalue weighted by Crippen LogP contribution is -2.31. The number of hydrogen-bond acceptors (Lipinski definition) is 3. The SMILES string of the molecule is Cl.O=C(CC1CCCN1)NCc1ccc(CN2CCCC2=O)cc1. The molecule has 2 aliphatic heterocycles. The number of rotatable bonds is 6. The van der Waals surface area contributed by atoms with E-state index in [0.29, 0.717) is 32.0 Å². The van der Waals surface area contributed by atoms with Crippen LogP contribution in [0.1, 0.15) is 43.2 Å². The molecule has 2 saturated heterocycles. The zero-order chi connectivity index (χ0) is 16.1. The van der Waals surface area contributed by atoms with E-state index in [-0.39, 0.29) is 24.2 Å². The van der Waals surface area contributed by atoms with Crippen LogP contribution in [0.25, 0.3) is 0 Å². The van der Waals surface area contributed by atoms with E-state index >= 15 is 0 Å². The van der Waals surface area contributed by atoms with Crippen LogP contribution >= 0.6 is 12.4 Å². The zero-order valence-corrected chi connectivity index (χ0v) is 14.7. The second-order valence-corrected chi connectivity index (χ2v) is 6.51. The summed E-state index contributed by atoms with van der Waals surface area (Å²) in [6.45, 7) is 3.15. The van der Waals surface area contributed by atoms with Crippen molar-refractivity contribution in [1.29, 1.82) is 0 Å². The quantitative estimate of drug-likeness (QED) is 0.824. The summed E-state index contributed by atoms with van der Waals surface area (Å²) in [5, 5.41) is 6.32. The predicted molar refractivity (Wildman–Crippen MR) is 95.8 cm³/mol. The Morgan fingerprint density at radius 2 is 1.96 bits per heavy atom. The van der Waals surface area contributed by atoms with Crippen molar-refractivity contribution in [3.8, 4) is 0 Å². The first-order valence-electron chi connectivity index (χ1n) is 8.56. The molecule has 3 rings (SSSR count). The highest BCUT2D eigenvalue weighted by Crippen LogP contribution is 2.15. The fourth-order valence-corrected chi connectivity index (χ4v) is 3.28. The van der Waals surface area contributed by atoms with Crippen LogP contribution in [0, 0.1) is 0 Å². The van der Waals surface area contributed by atoms with Gasteiger partial charge in [0.25, 0.3) is 0 Å². The van der Waals surface area contributed by atoms with Crippen LogP contribution in [0.4, 0.5) is 0 Å². The average molecular weight is 352 g/mol. The molecule has 1 aromatic carbocycles. The number of hydrogen-bond donors (Lipinski definition) is 2. The summed E-state index contributed by atoms with van der Waals surface area (Å²) >= 11 is 0. The first-order chi connectivity index (χ1) is 11.2. The molecule has 2 fully saturated rings. The van der Waals surface area contributed by atoms with Crippen molar-refractivity contribution < 1.29 is 9.59 Å². The van der Waals surface area contributed by atoms with Gasteiger partial charge in [0.05, 0.1) is 0 Å². The topological polar surface area (TPSA) is 61.4 Å². The molecule has 132 valence electrons. The molecule has 2 N–H and O–H groups in total. The molecule has 6 heteroatoms. The maximum atomic E-state index is 11.9. The van der Waals surface area contributed by atoms with Gasteiger partial charge >= 0.3 is 0 Å². The van der Waals surface area contributed by atoms with Gasteiger partial charge in [-0.1, -0.05) is 24.3 Å². The number of benzene rings is 1. The number of halogens is 1. The molecule has 1 aromatic rings. The number of carbonyl (C=O) groups is 2. The number of nitrogens with one attached hydrogen (secondary N) is 2. The molecule has 0 radical (unpaired) electrons. The zero-order valence-electron chi connectivity index (χ0n) is 13.9. The molecular weight excluding hydrogens is 326 g/mol. The normalized spacial score (nSPS) is 20.1. The second kappa shape index (κ2) is 9.04. The van der Waals surface area contributed by atoms with E-state index in [2.05, 4.69) is 10.6 Å². The molecule has 0 bridgehead atoms. The monoisotopic (exact) mass is 351 g/mol. The minimum atomic E-state index is 0. The van der Waals surface area contributed by atoms with Crippen molar-refractivity contribution in [2.75, 3.05) is 13.1 Å². The molecule has 2 amide bonds. The average Bonchev–Trinajstić information content (AvgIpc) is 3.19. The molecule has 2 aliphatic rings. The third-order valence-corrected chi connectivity index (χ3v) is 4.65. The van der Waals surface area contributed by atoms with E-state index in [9.17, 15) is 9.59 Å². The Bertz CT molecular complexity index is 556. The molecular formula is C18H26ClN3O2. The molecule has 1 atom stereocenters. The highest BCUT2D eigenvalue weighted by Gasteiger charge is 2.20. The largest absolute Gasteiger partial charge is 0.352 e. The third-order valence-electron chi connectivity index (χ3n) is 4.65. The summed E-state index contributed by atoms with van der Waals surface area (Å²) < 4.78 is 0. The third kappa shape index (κ3) is 5.21. The Morgan fingerprint density at radius 3 is 2.58 bits per heavy atom. The smallest absolute Gasteiger partial charge is 0.222 e. The summed E-state index contributed by atoms with van der Waals surface area (Å²) in [5.74, 6) is 0.359.